The lowest BCUT2D eigenvalue weighted by Crippen LogP contribution is -2.26. The first-order valence-corrected chi connectivity index (χ1v) is 4.26. The van der Waals surface area contributed by atoms with Crippen LogP contribution in [-0.2, 0) is 6.42 Å². The summed E-state index contributed by atoms with van der Waals surface area (Å²) in [6, 6.07) is 5.75. The predicted octanol–water partition coefficient (Wildman–Crippen LogP) is 1.79. The van der Waals surface area contributed by atoms with Gasteiger partial charge in [0.2, 0.25) is 0 Å². The molecule has 1 unspecified atom stereocenters. The lowest BCUT2D eigenvalue weighted by atomic mass is 9.97. The molecule has 1 N–H and O–H groups in total. The molecule has 0 aromatic carbocycles. The summed E-state index contributed by atoms with van der Waals surface area (Å²) in [5.41, 5.74) is 0.332. The second kappa shape index (κ2) is 3.68. The van der Waals surface area contributed by atoms with E-state index in [9.17, 15) is 5.11 Å². The first-order valence-electron chi connectivity index (χ1n) is 4.26. The van der Waals surface area contributed by atoms with Crippen LogP contribution < -0.4 is 0 Å². The molecule has 1 heterocycles. The third kappa shape index (κ3) is 2.62. The molecule has 0 fully saturated rings. The van der Waals surface area contributed by atoms with Crippen LogP contribution in [0.1, 0.15) is 26.0 Å². The van der Waals surface area contributed by atoms with Crippen LogP contribution in [0.15, 0.2) is 24.4 Å². The van der Waals surface area contributed by atoms with E-state index in [1.54, 1.807) is 6.20 Å². The quantitative estimate of drug-likeness (QED) is 0.740. The van der Waals surface area contributed by atoms with Crippen LogP contribution in [0.2, 0.25) is 0 Å². The van der Waals surface area contributed by atoms with Crippen LogP contribution in [0.5, 0.6) is 0 Å². The van der Waals surface area contributed by atoms with Gasteiger partial charge in [-0.25, -0.2) is 0 Å². The van der Waals surface area contributed by atoms with Crippen molar-refractivity contribution in [3.63, 3.8) is 0 Å². The van der Waals surface area contributed by atoms with Crippen LogP contribution >= 0.6 is 0 Å². The zero-order valence-electron chi connectivity index (χ0n) is 7.62. The van der Waals surface area contributed by atoms with E-state index in [4.69, 9.17) is 0 Å². The van der Waals surface area contributed by atoms with E-state index in [0.29, 0.717) is 6.42 Å². The SMILES string of the molecule is CCC(C)(O)Cc1ccccn1. The van der Waals surface area contributed by atoms with Gasteiger partial charge in [0.05, 0.1) is 5.60 Å². The van der Waals surface area contributed by atoms with Gasteiger partial charge in [-0.1, -0.05) is 13.0 Å². The molecule has 0 saturated heterocycles. The summed E-state index contributed by atoms with van der Waals surface area (Å²) in [5.74, 6) is 0. The van der Waals surface area contributed by atoms with Gasteiger partial charge >= 0.3 is 0 Å². The van der Waals surface area contributed by atoms with Crippen molar-refractivity contribution in [2.45, 2.75) is 32.3 Å². The molecule has 0 aliphatic heterocycles. The number of aliphatic hydroxyl groups is 1. The van der Waals surface area contributed by atoms with E-state index in [1.165, 1.54) is 0 Å². The van der Waals surface area contributed by atoms with Gasteiger partial charge in [-0.05, 0) is 25.5 Å². The minimum Gasteiger partial charge on any atom is -0.390 e. The largest absolute Gasteiger partial charge is 0.390 e. The average Bonchev–Trinajstić information content (AvgIpc) is 2.06. The van der Waals surface area contributed by atoms with Gasteiger partial charge in [-0.2, -0.15) is 0 Å². The zero-order valence-corrected chi connectivity index (χ0v) is 7.62. The van der Waals surface area contributed by atoms with Gasteiger partial charge in [0, 0.05) is 18.3 Å². The fourth-order valence-electron chi connectivity index (χ4n) is 1.02. The second-order valence-electron chi connectivity index (χ2n) is 3.35. The van der Waals surface area contributed by atoms with Gasteiger partial charge in [0.25, 0.3) is 0 Å². The van der Waals surface area contributed by atoms with Gasteiger partial charge in [-0.3, -0.25) is 4.98 Å². The maximum absolute atomic E-state index is 9.74. The van der Waals surface area contributed by atoms with Gasteiger partial charge < -0.3 is 5.11 Å². The summed E-state index contributed by atoms with van der Waals surface area (Å²) in [5, 5.41) is 9.74. The molecule has 0 amide bonds. The molecule has 1 rings (SSSR count). The summed E-state index contributed by atoms with van der Waals surface area (Å²) in [6.07, 6.45) is 3.13. The van der Waals surface area contributed by atoms with Gasteiger partial charge in [0.15, 0.2) is 0 Å². The minimum absolute atomic E-state index is 0.617. The second-order valence-corrected chi connectivity index (χ2v) is 3.35. The first-order chi connectivity index (χ1) is 5.64. The third-order valence-corrected chi connectivity index (χ3v) is 2.05. The van der Waals surface area contributed by atoms with Crippen molar-refractivity contribution < 1.29 is 5.11 Å². The highest BCUT2D eigenvalue weighted by molar-refractivity contribution is 5.06. The fourth-order valence-corrected chi connectivity index (χ4v) is 1.02. The van der Waals surface area contributed by atoms with Crippen LogP contribution in [0.3, 0.4) is 0 Å². The maximum atomic E-state index is 9.74. The molecule has 1 aromatic rings. The van der Waals surface area contributed by atoms with E-state index in [-0.39, 0.29) is 0 Å². The molecular formula is C10H15NO. The molecular weight excluding hydrogens is 150 g/mol. The van der Waals surface area contributed by atoms with Crippen LogP contribution in [0, 0.1) is 0 Å². The monoisotopic (exact) mass is 165 g/mol. The van der Waals surface area contributed by atoms with Crippen molar-refractivity contribution in [1.29, 1.82) is 0 Å². The number of pyridine rings is 1. The minimum atomic E-state index is -0.617. The number of hydrogen-bond acceptors (Lipinski definition) is 2. The molecule has 0 spiro atoms. The normalized spacial score (nSPS) is 15.6. The molecule has 0 radical (unpaired) electrons. The molecule has 66 valence electrons. The Morgan fingerprint density at radius 3 is 2.75 bits per heavy atom. The average molecular weight is 165 g/mol. The van der Waals surface area contributed by atoms with Crippen LogP contribution in [-0.4, -0.2) is 15.7 Å². The van der Waals surface area contributed by atoms with E-state index in [1.807, 2.05) is 32.0 Å². The van der Waals surface area contributed by atoms with Crippen molar-refractivity contribution in [3.8, 4) is 0 Å². The maximum Gasteiger partial charge on any atom is 0.0672 e. The molecule has 0 aliphatic carbocycles. The summed E-state index contributed by atoms with van der Waals surface area (Å²) < 4.78 is 0. The summed E-state index contributed by atoms with van der Waals surface area (Å²) >= 11 is 0. The first kappa shape index (κ1) is 9.20. The Hall–Kier alpha value is -0.890. The molecule has 2 nitrogen and oxygen atoms in total. The smallest absolute Gasteiger partial charge is 0.0672 e. The number of rotatable bonds is 3. The molecule has 0 aliphatic rings. The van der Waals surface area contributed by atoms with E-state index >= 15 is 0 Å². The Morgan fingerprint density at radius 1 is 1.50 bits per heavy atom. The van der Waals surface area contributed by atoms with E-state index < -0.39 is 5.60 Å². The van der Waals surface area contributed by atoms with E-state index in [0.717, 1.165) is 12.1 Å². The molecule has 1 atom stereocenters. The number of aromatic nitrogens is 1. The zero-order chi connectivity index (χ0) is 9.03. The topological polar surface area (TPSA) is 33.1 Å². The highest BCUT2D eigenvalue weighted by Gasteiger charge is 2.18. The molecule has 12 heavy (non-hydrogen) atoms. The lowest BCUT2D eigenvalue weighted by molar-refractivity contribution is 0.0555. The molecule has 1 aromatic heterocycles. The highest BCUT2D eigenvalue weighted by atomic mass is 16.3. The van der Waals surface area contributed by atoms with Gasteiger partial charge in [0.1, 0.15) is 0 Å². The standard InChI is InChI=1S/C10H15NO/c1-3-10(2,12)8-9-6-4-5-7-11-9/h4-7,12H,3,8H2,1-2H3. The highest BCUT2D eigenvalue weighted by Crippen LogP contribution is 2.14. The number of hydrogen-bond donors (Lipinski definition) is 1. The lowest BCUT2D eigenvalue weighted by Gasteiger charge is -2.20. The summed E-state index contributed by atoms with van der Waals surface area (Å²) in [6.45, 7) is 3.81. The Kier molecular flexibility index (Phi) is 2.82. The van der Waals surface area contributed by atoms with E-state index in [2.05, 4.69) is 4.98 Å². The number of nitrogens with zero attached hydrogens (tertiary/aromatic N) is 1. The van der Waals surface area contributed by atoms with Crippen molar-refractivity contribution in [1.82, 2.24) is 4.98 Å². The summed E-state index contributed by atoms with van der Waals surface area (Å²) in [4.78, 5) is 4.15. The predicted molar refractivity (Wildman–Crippen MR) is 48.9 cm³/mol. The van der Waals surface area contributed by atoms with Crippen molar-refractivity contribution >= 4 is 0 Å². The van der Waals surface area contributed by atoms with Gasteiger partial charge in [-0.15, -0.1) is 0 Å². The Bertz CT molecular complexity index is 231. The third-order valence-electron chi connectivity index (χ3n) is 2.05. The Labute approximate surface area is 73.3 Å². The Morgan fingerprint density at radius 2 is 2.25 bits per heavy atom. The van der Waals surface area contributed by atoms with Crippen molar-refractivity contribution in [2.24, 2.45) is 0 Å². The molecule has 2 heteroatoms. The van der Waals surface area contributed by atoms with Crippen LogP contribution in [0.25, 0.3) is 0 Å². The fraction of sp³-hybridized carbons (Fsp3) is 0.500. The van der Waals surface area contributed by atoms with Crippen LogP contribution in [0.4, 0.5) is 0 Å². The Balaban J connectivity index is 2.64. The van der Waals surface area contributed by atoms with Crippen molar-refractivity contribution in [2.75, 3.05) is 0 Å². The molecule has 0 saturated carbocycles. The van der Waals surface area contributed by atoms with Crippen molar-refractivity contribution in [3.05, 3.63) is 30.1 Å². The summed E-state index contributed by atoms with van der Waals surface area (Å²) in [7, 11) is 0. The molecule has 0 bridgehead atoms.